The largest absolute Gasteiger partial charge is 0.508 e. The number of rotatable bonds is 8. The molecule has 1 amide bonds. The lowest BCUT2D eigenvalue weighted by Gasteiger charge is -2.09. The molecule has 8 nitrogen and oxygen atoms in total. The van der Waals surface area contributed by atoms with E-state index in [-0.39, 0.29) is 10.6 Å². The van der Waals surface area contributed by atoms with Crippen molar-refractivity contribution in [2.24, 2.45) is 5.10 Å². The lowest BCUT2D eigenvalue weighted by molar-refractivity contribution is 0.0955. The first-order chi connectivity index (χ1) is 14.9. The Balaban J connectivity index is 1.61. The summed E-state index contributed by atoms with van der Waals surface area (Å²) < 4.78 is 32.8. The summed E-state index contributed by atoms with van der Waals surface area (Å²) >= 11 is 0. The molecule has 0 fully saturated rings. The molecule has 0 aliphatic carbocycles. The minimum absolute atomic E-state index is 0.0985. The van der Waals surface area contributed by atoms with Crippen LogP contribution in [-0.2, 0) is 10.0 Å². The molecule has 9 heteroatoms. The van der Waals surface area contributed by atoms with Crippen LogP contribution >= 0.6 is 0 Å². The van der Waals surface area contributed by atoms with E-state index in [1.807, 2.05) is 6.92 Å². The maximum atomic E-state index is 12.5. The van der Waals surface area contributed by atoms with Gasteiger partial charge in [-0.05, 0) is 85.3 Å². The molecule has 160 valence electrons. The highest BCUT2D eigenvalue weighted by atomic mass is 32.2. The van der Waals surface area contributed by atoms with Crippen molar-refractivity contribution in [3.63, 3.8) is 0 Å². The van der Waals surface area contributed by atoms with Crippen LogP contribution in [0.15, 0.2) is 82.8 Å². The zero-order chi connectivity index (χ0) is 22.3. The second kappa shape index (κ2) is 9.77. The fourth-order valence-corrected chi connectivity index (χ4v) is 3.63. The molecule has 0 aromatic heterocycles. The number of amides is 1. The van der Waals surface area contributed by atoms with E-state index < -0.39 is 15.9 Å². The Bertz CT molecular complexity index is 1160. The number of anilines is 1. The molecule has 0 aliphatic rings. The quantitative estimate of drug-likeness (QED) is 0.368. The number of hydrogen-bond donors (Lipinski definition) is 3. The van der Waals surface area contributed by atoms with Crippen molar-refractivity contribution in [2.45, 2.75) is 11.8 Å². The van der Waals surface area contributed by atoms with Crippen molar-refractivity contribution >= 4 is 27.8 Å². The number of phenols is 1. The number of aromatic hydroxyl groups is 1. The van der Waals surface area contributed by atoms with Crippen LogP contribution in [0.2, 0.25) is 0 Å². The minimum Gasteiger partial charge on any atom is -0.508 e. The molecular formula is C22H21N3O5S. The highest BCUT2D eigenvalue weighted by molar-refractivity contribution is 7.92. The standard InChI is InChI=1S/C22H21N3O5S/c1-2-30-20-11-13-21(14-12-20)31(28,29)25-18-7-5-17(6-8-18)22(27)24-23-15-16-3-9-19(26)10-4-16/h3-15,25-26H,2H2,1H3,(H,24,27)/b23-15+. The van der Waals surface area contributed by atoms with Crippen molar-refractivity contribution in [3.8, 4) is 11.5 Å². The average Bonchev–Trinajstić information content (AvgIpc) is 2.76. The molecule has 31 heavy (non-hydrogen) atoms. The second-order valence-electron chi connectivity index (χ2n) is 6.38. The Kier molecular flexibility index (Phi) is 6.88. The first-order valence-electron chi connectivity index (χ1n) is 9.35. The van der Waals surface area contributed by atoms with Crippen LogP contribution in [0, 0.1) is 0 Å². The maximum Gasteiger partial charge on any atom is 0.271 e. The number of nitrogens with zero attached hydrogens (tertiary/aromatic N) is 1. The van der Waals surface area contributed by atoms with Gasteiger partial charge in [0.1, 0.15) is 11.5 Å². The van der Waals surface area contributed by atoms with Gasteiger partial charge in [-0.2, -0.15) is 5.10 Å². The molecule has 0 saturated heterocycles. The molecule has 0 heterocycles. The van der Waals surface area contributed by atoms with Crippen LogP contribution < -0.4 is 14.9 Å². The SMILES string of the molecule is CCOc1ccc(S(=O)(=O)Nc2ccc(C(=O)N/N=C/c3ccc(O)cc3)cc2)cc1. The predicted molar refractivity (Wildman–Crippen MR) is 118 cm³/mol. The monoisotopic (exact) mass is 439 g/mol. The number of benzene rings is 3. The second-order valence-corrected chi connectivity index (χ2v) is 8.06. The fourth-order valence-electron chi connectivity index (χ4n) is 2.58. The van der Waals surface area contributed by atoms with E-state index in [9.17, 15) is 18.3 Å². The van der Waals surface area contributed by atoms with Gasteiger partial charge < -0.3 is 9.84 Å². The molecule has 0 spiro atoms. The molecule has 3 rings (SSSR count). The number of nitrogens with one attached hydrogen (secondary N) is 2. The lowest BCUT2D eigenvalue weighted by atomic mass is 10.2. The van der Waals surface area contributed by atoms with E-state index in [0.29, 0.717) is 29.2 Å². The summed E-state index contributed by atoms with van der Waals surface area (Å²) in [4.78, 5) is 12.3. The van der Waals surface area contributed by atoms with Crippen LogP contribution in [0.1, 0.15) is 22.8 Å². The number of carbonyl (C=O) groups is 1. The Morgan fingerprint density at radius 1 is 1.00 bits per heavy atom. The van der Waals surface area contributed by atoms with Crippen molar-refractivity contribution in [1.82, 2.24) is 5.43 Å². The summed E-state index contributed by atoms with van der Waals surface area (Å²) in [6.07, 6.45) is 1.44. The lowest BCUT2D eigenvalue weighted by Crippen LogP contribution is -2.18. The fraction of sp³-hybridized carbons (Fsp3) is 0.0909. The molecule has 3 aromatic rings. The molecular weight excluding hydrogens is 418 g/mol. The Hall–Kier alpha value is -3.85. The van der Waals surface area contributed by atoms with Crippen molar-refractivity contribution < 1.29 is 23.1 Å². The van der Waals surface area contributed by atoms with Crippen LogP contribution in [0.4, 0.5) is 5.69 Å². The van der Waals surface area contributed by atoms with Gasteiger partial charge >= 0.3 is 0 Å². The van der Waals surface area contributed by atoms with Gasteiger partial charge in [-0.25, -0.2) is 13.8 Å². The Morgan fingerprint density at radius 3 is 2.26 bits per heavy atom. The number of phenolic OH excluding ortho intramolecular Hbond substituents is 1. The molecule has 0 saturated carbocycles. The van der Waals surface area contributed by atoms with Gasteiger partial charge in [0.25, 0.3) is 15.9 Å². The molecule has 0 unspecified atom stereocenters. The van der Waals surface area contributed by atoms with Gasteiger partial charge in [-0.1, -0.05) is 0 Å². The topological polar surface area (TPSA) is 117 Å². The average molecular weight is 439 g/mol. The van der Waals surface area contributed by atoms with E-state index in [4.69, 9.17) is 4.74 Å². The van der Waals surface area contributed by atoms with E-state index >= 15 is 0 Å². The molecule has 3 N–H and O–H groups in total. The van der Waals surface area contributed by atoms with E-state index in [0.717, 1.165) is 0 Å². The maximum absolute atomic E-state index is 12.5. The number of ether oxygens (including phenoxy) is 1. The van der Waals surface area contributed by atoms with E-state index in [1.54, 1.807) is 24.3 Å². The van der Waals surface area contributed by atoms with Gasteiger partial charge in [0.05, 0.1) is 17.7 Å². The summed E-state index contributed by atoms with van der Waals surface area (Å²) in [5, 5.41) is 13.1. The van der Waals surface area contributed by atoms with Crippen LogP contribution in [-0.4, -0.2) is 32.3 Å². The third-order valence-corrected chi connectivity index (χ3v) is 5.51. The zero-order valence-electron chi connectivity index (χ0n) is 16.6. The van der Waals surface area contributed by atoms with E-state index in [2.05, 4.69) is 15.2 Å². The smallest absolute Gasteiger partial charge is 0.271 e. The van der Waals surface area contributed by atoms with Gasteiger partial charge in [0.15, 0.2) is 0 Å². The van der Waals surface area contributed by atoms with E-state index in [1.165, 1.54) is 54.7 Å². The molecule has 0 bridgehead atoms. The van der Waals surface area contributed by atoms with Gasteiger partial charge in [0.2, 0.25) is 0 Å². The Labute approximate surface area is 180 Å². The number of carbonyl (C=O) groups excluding carboxylic acids is 1. The molecule has 3 aromatic carbocycles. The first kappa shape index (κ1) is 21.8. The first-order valence-corrected chi connectivity index (χ1v) is 10.8. The molecule has 0 aliphatic heterocycles. The van der Waals surface area contributed by atoms with Gasteiger partial charge in [-0.15, -0.1) is 0 Å². The number of hydrogen-bond acceptors (Lipinski definition) is 6. The predicted octanol–water partition coefficient (Wildman–Crippen LogP) is 3.36. The number of sulfonamides is 1. The third-order valence-electron chi connectivity index (χ3n) is 4.12. The summed E-state index contributed by atoms with van der Waals surface area (Å²) in [5.74, 6) is 0.278. The normalized spacial score (nSPS) is 11.3. The van der Waals surface area contributed by atoms with Gasteiger partial charge in [0, 0.05) is 11.3 Å². The summed E-state index contributed by atoms with van der Waals surface area (Å²) in [7, 11) is -3.77. The highest BCUT2D eigenvalue weighted by Gasteiger charge is 2.14. The molecule has 0 atom stereocenters. The third kappa shape index (κ3) is 6.06. The van der Waals surface area contributed by atoms with Crippen LogP contribution in [0.25, 0.3) is 0 Å². The van der Waals surface area contributed by atoms with Crippen molar-refractivity contribution in [1.29, 1.82) is 0 Å². The Morgan fingerprint density at radius 2 is 1.65 bits per heavy atom. The summed E-state index contributed by atoms with van der Waals surface area (Å²) in [5.41, 5.74) is 3.72. The summed E-state index contributed by atoms with van der Waals surface area (Å²) in [6, 6.07) is 18.4. The molecule has 0 radical (unpaired) electrons. The van der Waals surface area contributed by atoms with Crippen LogP contribution in [0.5, 0.6) is 11.5 Å². The minimum atomic E-state index is -3.77. The number of hydrazone groups is 1. The van der Waals surface area contributed by atoms with Crippen molar-refractivity contribution in [3.05, 3.63) is 83.9 Å². The highest BCUT2D eigenvalue weighted by Crippen LogP contribution is 2.19. The van der Waals surface area contributed by atoms with Gasteiger partial charge in [-0.3, -0.25) is 9.52 Å². The zero-order valence-corrected chi connectivity index (χ0v) is 17.5. The van der Waals surface area contributed by atoms with Crippen LogP contribution in [0.3, 0.4) is 0 Å². The summed E-state index contributed by atoms with van der Waals surface area (Å²) in [6.45, 7) is 2.34. The van der Waals surface area contributed by atoms with Crippen molar-refractivity contribution in [2.75, 3.05) is 11.3 Å².